The second-order valence-corrected chi connectivity index (χ2v) is 10.5. The summed E-state index contributed by atoms with van der Waals surface area (Å²) in [5.74, 6) is 1.56. The summed E-state index contributed by atoms with van der Waals surface area (Å²) < 4.78 is 24.7. The highest BCUT2D eigenvalue weighted by Crippen LogP contribution is 2.33. The molecule has 1 aromatic heterocycles. The van der Waals surface area contributed by atoms with Crippen molar-refractivity contribution in [3.63, 3.8) is 0 Å². The minimum absolute atomic E-state index is 0.102. The Labute approximate surface area is 161 Å². The van der Waals surface area contributed by atoms with Gasteiger partial charge in [-0.2, -0.15) is 0 Å². The first-order valence-electron chi connectivity index (χ1n) is 10.2. The number of nitrogens with zero attached hydrogens (tertiary/aromatic N) is 3. The van der Waals surface area contributed by atoms with Crippen LogP contribution in [0.5, 0.6) is 0 Å². The number of fused-ring (bicyclic) bond motifs is 1. The van der Waals surface area contributed by atoms with E-state index in [-0.39, 0.29) is 35.4 Å². The second kappa shape index (κ2) is 7.54. The van der Waals surface area contributed by atoms with Crippen molar-refractivity contribution in [3.8, 4) is 0 Å². The fourth-order valence-corrected chi connectivity index (χ4v) is 6.57. The molecule has 1 aromatic rings. The predicted molar refractivity (Wildman–Crippen MR) is 103 cm³/mol. The van der Waals surface area contributed by atoms with Crippen LogP contribution in [0.4, 0.5) is 0 Å². The molecule has 0 radical (unpaired) electrons. The number of nitrogens with one attached hydrogen (secondary N) is 1. The zero-order valence-corrected chi connectivity index (χ0v) is 16.9. The molecule has 27 heavy (non-hydrogen) atoms. The number of hydrogen-bond acceptors (Lipinski definition) is 5. The minimum atomic E-state index is -3.10. The Morgan fingerprint density at radius 3 is 2.74 bits per heavy atom. The third-order valence-electron chi connectivity index (χ3n) is 6.35. The van der Waals surface area contributed by atoms with Crippen molar-refractivity contribution >= 4 is 15.7 Å². The molecule has 0 bridgehead atoms. The van der Waals surface area contributed by atoms with Crippen LogP contribution in [0, 0.1) is 5.92 Å². The summed E-state index contributed by atoms with van der Waals surface area (Å²) in [6.07, 6.45) is 8.08. The van der Waals surface area contributed by atoms with E-state index in [0.29, 0.717) is 13.1 Å². The van der Waals surface area contributed by atoms with Gasteiger partial charge in [0, 0.05) is 49.9 Å². The van der Waals surface area contributed by atoms with Crippen molar-refractivity contribution in [1.29, 1.82) is 0 Å². The largest absolute Gasteiger partial charge is 0.345 e. The van der Waals surface area contributed by atoms with Crippen molar-refractivity contribution in [1.82, 2.24) is 19.8 Å². The lowest BCUT2D eigenvalue weighted by atomic mass is 9.83. The average Bonchev–Trinajstić information content (AvgIpc) is 3.14. The zero-order valence-electron chi connectivity index (χ0n) is 16.1. The van der Waals surface area contributed by atoms with Gasteiger partial charge in [-0.05, 0) is 19.3 Å². The molecule has 1 amide bonds. The Bertz CT molecular complexity index is 787. The maximum absolute atomic E-state index is 12.8. The third kappa shape index (κ3) is 3.92. The number of H-pyrrole nitrogens is 1. The van der Waals surface area contributed by atoms with Gasteiger partial charge in [-0.15, -0.1) is 0 Å². The number of aromatic nitrogens is 2. The van der Waals surface area contributed by atoms with Crippen molar-refractivity contribution < 1.29 is 13.2 Å². The monoisotopic (exact) mass is 394 g/mol. The summed E-state index contributed by atoms with van der Waals surface area (Å²) >= 11 is 0. The fourth-order valence-electron chi connectivity index (χ4n) is 4.56. The highest BCUT2D eigenvalue weighted by molar-refractivity contribution is 7.91. The zero-order chi connectivity index (χ0) is 19.0. The number of aromatic amines is 1. The van der Waals surface area contributed by atoms with Gasteiger partial charge in [0.05, 0.1) is 17.5 Å². The van der Waals surface area contributed by atoms with Crippen LogP contribution in [-0.2, 0) is 27.6 Å². The lowest BCUT2D eigenvalue weighted by molar-refractivity contribution is -0.144. The number of amides is 1. The first-order chi connectivity index (χ1) is 13.0. The molecule has 150 valence electrons. The van der Waals surface area contributed by atoms with Crippen molar-refractivity contribution in [3.05, 3.63) is 17.7 Å². The molecular formula is C19H30N4O3S. The molecular weight excluding hydrogens is 364 g/mol. The Morgan fingerprint density at radius 1 is 1.26 bits per heavy atom. The van der Waals surface area contributed by atoms with Crippen LogP contribution in [0.15, 0.2) is 6.20 Å². The standard InChI is InChI=1S/C19H30N4O3S/c1-2-3-7-18-20-10-15(21-18)11-22-8-9-23(19(24)14-5-4-6-14)17-13-27(25,26)12-16(17)22/h10,14,16-17H,2-9,11-13H2,1H3,(H,20,21)/t16-,17+/m0/s1. The molecule has 3 heterocycles. The lowest BCUT2D eigenvalue weighted by Crippen LogP contribution is -2.61. The number of hydrogen-bond donors (Lipinski definition) is 1. The molecule has 8 heteroatoms. The van der Waals surface area contributed by atoms with Crippen molar-refractivity contribution in [2.75, 3.05) is 24.6 Å². The molecule has 2 saturated heterocycles. The summed E-state index contributed by atoms with van der Waals surface area (Å²) in [6, 6.07) is -0.297. The maximum atomic E-state index is 12.8. The molecule has 4 rings (SSSR count). The third-order valence-corrected chi connectivity index (χ3v) is 8.05. The van der Waals surface area contributed by atoms with Gasteiger partial charge in [0.15, 0.2) is 9.84 Å². The average molecular weight is 395 g/mol. The van der Waals surface area contributed by atoms with Crippen molar-refractivity contribution in [2.45, 2.75) is 64.1 Å². The highest BCUT2D eigenvalue weighted by Gasteiger charge is 2.49. The summed E-state index contributed by atoms with van der Waals surface area (Å²) in [5.41, 5.74) is 1.03. The van der Waals surface area contributed by atoms with Crippen LogP contribution >= 0.6 is 0 Å². The van der Waals surface area contributed by atoms with E-state index >= 15 is 0 Å². The molecule has 1 saturated carbocycles. The molecule has 7 nitrogen and oxygen atoms in total. The smallest absolute Gasteiger partial charge is 0.226 e. The highest BCUT2D eigenvalue weighted by atomic mass is 32.2. The number of sulfone groups is 1. The van der Waals surface area contributed by atoms with Gasteiger partial charge in [-0.3, -0.25) is 9.69 Å². The van der Waals surface area contributed by atoms with Crippen LogP contribution in [0.3, 0.4) is 0 Å². The van der Waals surface area contributed by atoms with E-state index in [4.69, 9.17) is 0 Å². The summed E-state index contributed by atoms with van der Waals surface area (Å²) in [4.78, 5) is 24.8. The van der Waals surface area contributed by atoms with Crippen LogP contribution < -0.4 is 0 Å². The molecule has 3 fully saturated rings. The van der Waals surface area contributed by atoms with E-state index < -0.39 is 9.84 Å². The molecule has 0 spiro atoms. The van der Waals surface area contributed by atoms with E-state index in [1.165, 1.54) is 0 Å². The Kier molecular flexibility index (Phi) is 5.29. The van der Waals surface area contributed by atoms with Gasteiger partial charge in [0.2, 0.25) is 5.91 Å². The second-order valence-electron chi connectivity index (χ2n) is 8.30. The molecule has 3 aliphatic rings. The van der Waals surface area contributed by atoms with Crippen LogP contribution in [0.25, 0.3) is 0 Å². The topological polar surface area (TPSA) is 86.4 Å². The summed E-state index contributed by atoms with van der Waals surface area (Å²) in [6.45, 7) is 4.18. The predicted octanol–water partition coefficient (Wildman–Crippen LogP) is 1.36. The molecule has 2 atom stereocenters. The first-order valence-corrected chi connectivity index (χ1v) is 12.1. The number of aryl methyl sites for hydroxylation is 1. The first kappa shape index (κ1) is 18.9. The molecule has 0 aromatic carbocycles. The van der Waals surface area contributed by atoms with E-state index in [1.807, 2.05) is 11.1 Å². The number of piperazine rings is 1. The number of rotatable bonds is 6. The van der Waals surface area contributed by atoms with Gasteiger partial charge >= 0.3 is 0 Å². The molecule has 1 N–H and O–H groups in total. The fraction of sp³-hybridized carbons (Fsp3) is 0.789. The lowest BCUT2D eigenvalue weighted by Gasteiger charge is -2.45. The van der Waals surface area contributed by atoms with E-state index in [0.717, 1.165) is 56.6 Å². The van der Waals surface area contributed by atoms with Gasteiger partial charge < -0.3 is 9.88 Å². The number of carbonyl (C=O) groups excluding carboxylic acids is 1. The minimum Gasteiger partial charge on any atom is -0.345 e. The summed E-state index contributed by atoms with van der Waals surface area (Å²) in [5, 5.41) is 0. The van der Waals surface area contributed by atoms with Crippen LogP contribution in [0.2, 0.25) is 0 Å². The number of carbonyl (C=O) groups is 1. The van der Waals surface area contributed by atoms with E-state index in [9.17, 15) is 13.2 Å². The normalized spacial score (nSPS) is 28.1. The van der Waals surface area contributed by atoms with E-state index in [2.05, 4.69) is 21.8 Å². The molecule has 0 unspecified atom stereocenters. The number of unbranched alkanes of at least 4 members (excludes halogenated alkanes) is 1. The van der Waals surface area contributed by atoms with Crippen molar-refractivity contribution in [2.24, 2.45) is 5.92 Å². The Balaban J connectivity index is 1.47. The van der Waals surface area contributed by atoms with Crippen LogP contribution in [-0.4, -0.2) is 70.8 Å². The Morgan fingerprint density at radius 2 is 2.04 bits per heavy atom. The summed E-state index contributed by atoms with van der Waals surface area (Å²) in [7, 11) is -3.10. The van der Waals surface area contributed by atoms with Gasteiger partial charge in [0.1, 0.15) is 5.82 Å². The quantitative estimate of drug-likeness (QED) is 0.787. The maximum Gasteiger partial charge on any atom is 0.226 e. The Hall–Kier alpha value is -1.41. The SMILES string of the molecule is CCCCc1ncc(CN2CCN(C(=O)C3CCC3)[C@@H]3CS(=O)(=O)C[C@@H]32)[nH]1. The van der Waals surface area contributed by atoms with Gasteiger partial charge in [-0.1, -0.05) is 19.8 Å². The van der Waals surface area contributed by atoms with Gasteiger partial charge in [0.25, 0.3) is 0 Å². The molecule has 1 aliphatic carbocycles. The van der Waals surface area contributed by atoms with Gasteiger partial charge in [-0.25, -0.2) is 13.4 Å². The van der Waals surface area contributed by atoms with Crippen LogP contribution in [0.1, 0.15) is 50.5 Å². The molecule has 2 aliphatic heterocycles. The number of imidazole rings is 1. The van der Waals surface area contributed by atoms with E-state index in [1.54, 1.807) is 0 Å².